The second kappa shape index (κ2) is 10.2. The predicted octanol–water partition coefficient (Wildman–Crippen LogP) is 0.610. The van der Waals surface area contributed by atoms with Crippen LogP contribution in [0.4, 0.5) is 0 Å². The van der Waals surface area contributed by atoms with Gasteiger partial charge in [-0.3, -0.25) is 19.6 Å². The molecule has 138 valence electrons. The molecule has 0 amide bonds. The van der Waals surface area contributed by atoms with Gasteiger partial charge in [-0.2, -0.15) is 0 Å². The van der Waals surface area contributed by atoms with E-state index in [4.69, 9.17) is 10.2 Å². The molecule has 2 rings (SSSR count). The smallest absolute Gasteiger partial charge is 0.317 e. The monoisotopic (exact) mass is 358 g/mol. The first-order valence-electron chi connectivity index (χ1n) is 8.27. The summed E-state index contributed by atoms with van der Waals surface area (Å²) in [6.45, 7) is 0.614. The average Bonchev–Trinajstić information content (AvgIpc) is 2.60. The molecule has 2 aromatic rings. The first kappa shape index (κ1) is 19.5. The van der Waals surface area contributed by atoms with Gasteiger partial charge < -0.3 is 20.8 Å². The summed E-state index contributed by atoms with van der Waals surface area (Å²) < 4.78 is 0. The molecule has 0 saturated carbocycles. The van der Waals surface area contributed by atoms with Crippen molar-refractivity contribution in [2.75, 3.05) is 13.1 Å². The summed E-state index contributed by atoms with van der Waals surface area (Å²) in [5, 5.41) is 22.9. The van der Waals surface area contributed by atoms with Crippen LogP contribution in [0.1, 0.15) is 22.8 Å². The number of carbonyl (C=O) groups is 2. The standard InChI is InChI=1S/C18H22N4O4/c23-17(24)11-19-9-15-5-1-3-13(21-15)7-8-14-4-2-6-16(22-14)10-20-12-18(25)26/h1-6,19-20H,7-12H2,(H,23,24)(H,25,26). The molecule has 2 heterocycles. The maximum absolute atomic E-state index is 10.5. The van der Waals surface area contributed by atoms with E-state index in [-0.39, 0.29) is 13.1 Å². The fourth-order valence-corrected chi connectivity index (χ4v) is 2.39. The van der Waals surface area contributed by atoms with Gasteiger partial charge in [-0.15, -0.1) is 0 Å². The Bertz CT molecular complexity index is 688. The molecule has 8 nitrogen and oxygen atoms in total. The quantitative estimate of drug-likeness (QED) is 0.460. The summed E-state index contributed by atoms with van der Waals surface area (Å²) in [4.78, 5) is 30.1. The van der Waals surface area contributed by atoms with Crippen LogP contribution in [-0.2, 0) is 35.5 Å². The van der Waals surface area contributed by atoms with E-state index in [1.165, 1.54) is 0 Å². The molecular weight excluding hydrogens is 336 g/mol. The number of aromatic nitrogens is 2. The van der Waals surface area contributed by atoms with E-state index in [1.54, 1.807) is 0 Å². The highest BCUT2D eigenvalue weighted by Gasteiger charge is 2.03. The molecule has 0 aliphatic heterocycles. The summed E-state index contributed by atoms with van der Waals surface area (Å²) >= 11 is 0. The molecule has 0 saturated heterocycles. The zero-order valence-electron chi connectivity index (χ0n) is 14.3. The van der Waals surface area contributed by atoms with Crippen molar-refractivity contribution in [3.8, 4) is 0 Å². The molecule has 0 bridgehead atoms. The summed E-state index contributed by atoms with van der Waals surface area (Å²) in [5.74, 6) is -1.80. The van der Waals surface area contributed by atoms with E-state index in [0.29, 0.717) is 25.9 Å². The van der Waals surface area contributed by atoms with Crippen molar-refractivity contribution in [1.82, 2.24) is 20.6 Å². The summed E-state index contributed by atoms with van der Waals surface area (Å²) in [6, 6.07) is 11.4. The molecule has 8 heteroatoms. The van der Waals surface area contributed by atoms with Gasteiger partial charge in [0.25, 0.3) is 0 Å². The zero-order valence-corrected chi connectivity index (χ0v) is 14.3. The van der Waals surface area contributed by atoms with Crippen LogP contribution in [0.5, 0.6) is 0 Å². The SMILES string of the molecule is O=C(O)CNCc1cccc(CCc2cccc(CNCC(=O)O)n2)n1. The Morgan fingerprint density at radius 1 is 0.731 bits per heavy atom. The highest BCUT2D eigenvalue weighted by molar-refractivity contribution is 5.69. The number of carboxylic acids is 2. The second-order valence-electron chi connectivity index (χ2n) is 5.74. The van der Waals surface area contributed by atoms with Gasteiger partial charge in [0.15, 0.2) is 0 Å². The predicted molar refractivity (Wildman–Crippen MR) is 94.6 cm³/mol. The summed E-state index contributed by atoms with van der Waals surface area (Å²) in [6.07, 6.45) is 1.43. The average molecular weight is 358 g/mol. The molecule has 0 spiro atoms. The van der Waals surface area contributed by atoms with Crippen molar-refractivity contribution in [2.24, 2.45) is 0 Å². The largest absolute Gasteiger partial charge is 0.480 e. The highest BCUT2D eigenvalue weighted by atomic mass is 16.4. The minimum atomic E-state index is -0.898. The molecule has 0 unspecified atom stereocenters. The molecule has 0 radical (unpaired) electrons. The van der Waals surface area contributed by atoms with Crippen LogP contribution in [0, 0.1) is 0 Å². The van der Waals surface area contributed by atoms with Crippen molar-refractivity contribution in [1.29, 1.82) is 0 Å². The van der Waals surface area contributed by atoms with Crippen LogP contribution < -0.4 is 10.6 Å². The van der Waals surface area contributed by atoms with Gasteiger partial charge in [0.05, 0.1) is 24.5 Å². The van der Waals surface area contributed by atoms with Crippen LogP contribution in [-0.4, -0.2) is 45.2 Å². The van der Waals surface area contributed by atoms with E-state index >= 15 is 0 Å². The minimum Gasteiger partial charge on any atom is -0.480 e. The van der Waals surface area contributed by atoms with Crippen LogP contribution in [0.2, 0.25) is 0 Å². The van der Waals surface area contributed by atoms with Crippen molar-refractivity contribution in [2.45, 2.75) is 25.9 Å². The van der Waals surface area contributed by atoms with Crippen molar-refractivity contribution < 1.29 is 19.8 Å². The Hall–Kier alpha value is -2.84. The number of nitrogens with one attached hydrogen (secondary N) is 2. The molecule has 0 aliphatic rings. The van der Waals surface area contributed by atoms with E-state index < -0.39 is 11.9 Å². The zero-order chi connectivity index (χ0) is 18.8. The summed E-state index contributed by atoms with van der Waals surface area (Å²) in [5.41, 5.74) is 3.42. The number of nitrogens with zero attached hydrogens (tertiary/aromatic N) is 2. The van der Waals surface area contributed by atoms with E-state index in [2.05, 4.69) is 20.6 Å². The Balaban J connectivity index is 1.86. The van der Waals surface area contributed by atoms with Gasteiger partial charge in [-0.05, 0) is 37.1 Å². The molecule has 0 aliphatic carbocycles. The number of rotatable bonds is 11. The van der Waals surface area contributed by atoms with Gasteiger partial charge >= 0.3 is 11.9 Å². The summed E-state index contributed by atoms with van der Waals surface area (Å²) in [7, 11) is 0. The van der Waals surface area contributed by atoms with Crippen molar-refractivity contribution >= 4 is 11.9 Å². The van der Waals surface area contributed by atoms with Gasteiger partial charge in [0, 0.05) is 24.5 Å². The Labute approximate surface area is 151 Å². The first-order chi connectivity index (χ1) is 12.5. The molecule has 4 N–H and O–H groups in total. The van der Waals surface area contributed by atoms with Gasteiger partial charge in [-0.1, -0.05) is 12.1 Å². The third-order valence-electron chi connectivity index (χ3n) is 3.53. The number of aliphatic carboxylic acids is 2. The fourth-order valence-electron chi connectivity index (χ4n) is 2.39. The maximum Gasteiger partial charge on any atom is 0.317 e. The van der Waals surface area contributed by atoms with Crippen LogP contribution in [0.25, 0.3) is 0 Å². The van der Waals surface area contributed by atoms with E-state index in [9.17, 15) is 9.59 Å². The number of carboxylic acid groups (broad SMARTS) is 2. The molecule has 0 atom stereocenters. The van der Waals surface area contributed by atoms with Gasteiger partial charge in [0.2, 0.25) is 0 Å². The lowest BCUT2D eigenvalue weighted by molar-refractivity contribution is -0.137. The first-order valence-corrected chi connectivity index (χ1v) is 8.27. The second-order valence-corrected chi connectivity index (χ2v) is 5.74. The maximum atomic E-state index is 10.5. The van der Waals surface area contributed by atoms with Crippen LogP contribution in [0.15, 0.2) is 36.4 Å². The molecule has 2 aromatic heterocycles. The Kier molecular flexibility index (Phi) is 7.66. The third-order valence-corrected chi connectivity index (χ3v) is 3.53. The van der Waals surface area contributed by atoms with Gasteiger partial charge in [0.1, 0.15) is 0 Å². The van der Waals surface area contributed by atoms with E-state index in [0.717, 1.165) is 22.8 Å². The number of pyridine rings is 2. The Morgan fingerprint density at radius 3 is 1.50 bits per heavy atom. The molecule has 0 fully saturated rings. The number of aryl methyl sites for hydroxylation is 2. The van der Waals surface area contributed by atoms with Gasteiger partial charge in [-0.25, -0.2) is 0 Å². The minimum absolute atomic E-state index is 0.0987. The lowest BCUT2D eigenvalue weighted by atomic mass is 10.1. The fraction of sp³-hybridized carbons (Fsp3) is 0.333. The number of hydrogen-bond donors (Lipinski definition) is 4. The third kappa shape index (κ3) is 7.37. The van der Waals surface area contributed by atoms with Crippen molar-refractivity contribution in [3.63, 3.8) is 0 Å². The lowest BCUT2D eigenvalue weighted by Crippen LogP contribution is -2.22. The van der Waals surface area contributed by atoms with E-state index in [1.807, 2.05) is 36.4 Å². The van der Waals surface area contributed by atoms with Crippen LogP contribution in [0.3, 0.4) is 0 Å². The lowest BCUT2D eigenvalue weighted by Gasteiger charge is -2.07. The topological polar surface area (TPSA) is 124 Å². The molecular formula is C18H22N4O4. The number of hydrogen-bond acceptors (Lipinski definition) is 6. The normalized spacial score (nSPS) is 10.6. The Morgan fingerprint density at radius 2 is 1.12 bits per heavy atom. The van der Waals surface area contributed by atoms with Crippen molar-refractivity contribution in [3.05, 3.63) is 59.2 Å². The highest BCUT2D eigenvalue weighted by Crippen LogP contribution is 2.06. The molecule has 0 aromatic carbocycles. The molecule has 26 heavy (non-hydrogen) atoms. The van der Waals surface area contributed by atoms with Crippen LogP contribution >= 0.6 is 0 Å².